The highest BCUT2D eigenvalue weighted by Gasteiger charge is 2.26. The Morgan fingerprint density at radius 3 is 2.64 bits per heavy atom. The van der Waals surface area contributed by atoms with Crippen LogP contribution < -0.4 is 10.6 Å². The minimum atomic E-state index is -0.230. The van der Waals surface area contributed by atoms with Crippen LogP contribution in [0.3, 0.4) is 0 Å². The molecule has 0 spiro atoms. The van der Waals surface area contributed by atoms with Gasteiger partial charge in [-0.15, -0.1) is 11.3 Å². The summed E-state index contributed by atoms with van der Waals surface area (Å²) in [6, 6.07) is 13.0. The maximum absolute atomic E-state index is 12.2. The summed E-state index contributed by atoms with van der Waals surface area (Å²) in [6.45, 7) is 8.54. The molecule has 0 aliphatic carbocycles. The Labute approximate surface area is 154 Å². The maximum atomic E-state index is 12.2. The van der Waals surface area contributed by atoms with E-state index < -0.39 is 0 Å². The van der Waals surface area contributed by atoms with E-state index in [4.69, 9.17) is 0 Å². The van der Waals surface area contributed by atoms with E-state index in [9.17, 15) is 4.79 Å². The minimum Gasteiger partial charge on any atom is -0.336 e. The fourth-order valence-electron chi connectivity index (χ4n) is 3.25. The summed E-state index contributed by atoms with van der Waals surface area (Å²) in [5.41, 5.74) is 2.61. The zero-order valence-electron chi connectivity index (χ0n) is 15.2. The van der Waals surface area contributed by atoms with Gasteiger partial charge in [0.05, 0.1) is 6.04 Å². The number of hydrogen-bond acceptors (Lipinski definition) is 3. The van der Waals surface area contributed by atoms with Gasteiger partial charge >= 0.3 is 6.03 Å². The Bertz CT molecular complexity index is 706. The van der Waals surface area contributed by atoms with Crippen molar-refractivity contribution in [3.05, 3.63) is 57.8 Å². The first-order valence-electron chi connectivity index (χ1n) is 8.82. The molecule has 1 aromatic carbocycles. The minimum absolute atomic E-state index is 0.105. The van der Waals surface area contributed by atoms with Gasteiger partial charge in [-0.3, -0.25) is 4.90 Å². The molecule has 134 valence electrons. The standard InChI is InChI=1S/C20H27N3OS/c1-20(2,3)22-19(24)21-13-17(18-9-6-12-25-18)23-11-10-15-7-4-5-8-16(15)14-23/h4-9,12,17H,10-11,13-14H2,1-3H3,(H2,21,22,24)/t17-/m0/s1. The monoisotopic (exact) mass is 357 g/mol. The fourth-order valence-corrected chi connectivity index (χ4v) is 4.11. The van der Waals surface area contributed by atoms with Crippen molar-refractivity contribution in [3.8, 4) is 0 Å². The molecule has 1 aromatic heterocycles. The van der Waals surface area contributed by atoms with Gasteiger partial charge < -0.3 is 10.6 Å². The fraction of sp³-hybridized carbons (Fsp3) is 0.450. The van der Waals surface area contributed by atoms with Crippen LogP contribution in [-0.2, 0) is 13.0 Å². The molecular weight excluding hydrogens is 330 g/mol. The molecule has 2 aromatic rings. The summed E-state index contributed by atoms with van der Waals surface area (Å²) >= 11 is 1.76. The first kappa shape index (κ1) is 18.0. The summed E-state index contributed by atoms with van der Waals surface area (Å²) in [7, 11) is 0. The second-order valence-corrected chi connectivity index (χ2v) is 8.58. The van der Waals surface area contributed by atoms with Crippen molar-refractivity contribution in [3.63, 3.8) is 0 Å². The number of amides is 2. The molecule has 0 fully saturated rings. The molecule has 25 heavy (non-hydrogen) atoms. The number of thiophene rings is 1. The summed E-state index contributed by atoms with van der Waals surface area (Å²) < 4.78 is 0. The molecule has 1 atom stereocenters. The van der Waals surface area contributed by atoms with Crippen LogP contribution >= 0.6 is 11.3 Å². The van der Waals surface area contributed by atoms with E-state index in [0.29, 0.717) is 6.54 Å². The van der Waals surface area contributed by atoms with Crippen molar-refractivity contribution in [1.29, 1.82) is 0 Å². The zero-order chi connectivity index (χ0) is 17.9. The molecule has 0 radical (unpaired) electrons. The summed E-state index contributed by atoms with van der Waals surface area (Å²) in [4.78, 5) is 16.0. The second kappa shape index (κ2) is 7.58. The Morgan fingerprint density at radius 2 is 1.96 bits per heavy atom. The number of carbonyl (C=O) groups is 1. The molecule has 0 saturated carbocycles. The van der Waals surface area contributed by atoms with Crippen molar-refractivity contribution in [2.45, 2.75) is 45.3 Å². The topological polar surface area (TPSA) is 44.4 Å². The highest BCUT2D eigenvalue weighted by molar-refractivity contribution is 7.10. The Hall–Kier alpha value is -1.85. The van der Waals surface area contributed by atoms with Crippen molar-refractivity contribution < 1.29 is 4.79 Å². The normalized spacial score (nSPS) is 16.1. The summed E-state index contributed by atoms with van der Waals surface area (Å²) in [5.74, 6) is 0. The van der Waals surface area contributed by atoms with Crippen molar-refractivity contribution in [2.75, 3.05) is 13.1 Å². The molecule has 1 aliphatic rings. The first-order chi connectivity index (χ1) is 11.9. The molecule has 5 heteroatoms. The number of hydrogen-bond donors (Lipinski definition) is 2. The average Bonchev–Trinajstić information content (AvgIpc) is 3.07. The van der Waals surface area contributed by atoms with E-state index in [1.807, 2.05) is 20.8 Å². The smallest absolute Gasteiger partial charge is 0.315 e. The van der Waals surface area contributed by atoms with Crippen LogP contribution in [0.4, 0.5) is 4.79 Å². The van der Waals surface area contributed by atoms with E-state index in [1.54, 1.807) is 11.3 Å². The van der Waals surface area contributed by atoms with Crippen LogP contribution in [-0.4, -0.2) is 29.6 Å². The molecule has 0 unspecified atom stereocenters. The molecule has 0 bridgehead atoms. The van der Waals surface area contributed by atoms with Crippen molar-refractivity contribution >= 4 is 17.4 Å². The van der Waals surface area contributed by atoms with Crippen LogP contribution in [0, 0.1) is 0 Å². The highest BCUT2D eigenvalue weighted by atomic mass is 32.1. The Balaban J connectivity index is 1.70. The third kappa shape index (κ3) is 4.83. The van der Waals surface area contributed by atoms with Gasteiger partial charge in [-0.25, -0.2) is 4.79 Å². The van der Waals surface area contributed by atoms with E-state index in [-0.39, 0.29) is 17.6 Å². The third-order valence-electron chi connectivity index (χ3n) is 4.42. The predicted octanol–water partition coefficient (Wildman–Crippen LogP) is 3.95. The number of benzene rings is 1. The van der Waals surface area contributed by atoms with E-state index in [0.717, 1.165) is 19.5 Å². The molecule has 2 N–H and O–H groups in total. The van der Waals surface area contributed by atoms with Gasteiger partial charge in [0.2, 0.25) is 0 Å². The zero-order valence-corrected chi connectivity index (χ0v) is 16.0. The van der Waals surface area contributed by atoms with Gasteiger partial charge in [0.1, 0.15) is 0 Å². The highest BCUT2D eigenvalue weighted by Crippen LogP contribution is 2.29. The molecular formula is C20H27N3OS. The van der Waals surface area contributed by atoms with Crippen LogP contribution in [0.1, 0.15) is 42.8 Å². The number of urea groups is 1. The van der Waals surface area contributed by atoms with Gasteiger partial charge in [-0.1, -0.05) is 30.3 Å². The van der Waals surface area contributed by atoms with E-state index in [1.165, 1.54) is 16.0 Å². The molecule has 4 nitrogen and oxygen atoms in total. The first-order valence-corrected chi connectivity index (χ1v) is 9.70. The van der Waals surface area contributed by atoms with Gasteiger partial charge in [0.15, 0.2) is 0 Å². The number of nitrogens with zero attached hydrogens (tertiary/aromatic N) is 1. The van der Waals surface area contributed by atoms with Crippen molar-refractivity contribution in [2.24, 2.45) is 0 Å². The average molecular weight is 358 g/mol. The molecule has 2 heterocycles. The Morgan fingerprint density at radius 1 is 1.20 bits per heavy atom. The lowest BCUT2D eigenvalue weighted by Gasteiger charge is -2.35. The second-order valence-electron chi connectivity index (χ2n) is 7.61. The quantitative estimate of drug-likeness (QED) is 0.870. The summed E-state index contributed by atoms with van der Waals surface area (Å²) in [6.07, 6.45) is 1.06. The Kier molecular flexibility index (Phi) is 5.45. The number of fused-ring (bicyclic) bond motifs is 1. The van der Waals surface area contributed by atoms with Gasteiger partial charge in [0.25, 0.3) is 0 Å². The summed E-state index contributed by atoms with van der Waals surface area (Å²) in [5, 5.41) is 8.14. The van der Waals surface area contributed by atoms with E-state index >= 15 is 0 Å². The van der Waals surface area contributed by atoms with Crippen LogP contribution in [0.25, 0.3) is 0 Å². The number of carbonyl (C=O) groups excluding carboxylic acids is 1. The molecule has 3 rings (SSSR count). The third-order valence-corrected chi connectivity index (χ3v) is 5.39. The number of rotatable bonds is 4. The maximum Gasteiger partial charge on any atom is 0.315 e. The lowest BCUT2D eigenvalue weighted by molar-refractivity contribution is 0.175. The molecule has 1 aliphatic heterocycles. The lowest BCUT2D eigenvalue weighted by atomic mass is 9.98. The predicted molar refractivity (Wildman–Crippen MR) is 104 cm³/mol. The van der Waals surface area contributed by atoms with E-state index in [2.05, 4.69) is 57.3 Å². The van der Waals surface area contributed by atoms with Crippen LogP contribution in [0.15, 0.2) is 41.8 Å². The van der Waals surface area contributed by atoms with Gasteiger partial charge in [-0.05, 0) is 49.8 Å². The van der Waals surface area contributed by atoms with Gasteiger partial charge in [0, 0.05) is 30.1 Å². The lowest BCUT2D eigenvalue weighted by Crippen LogP contribution is -2.49. The SMILES string of the molecule is CC(C)(C)NC(=O)NC[C@@H](c1cccs1)N1CCc2ccccc2C1. The van der Waals surface area contributed by atoms with Gasteiger partial charge in [-0.2, -0.15) is 0 Å². The molecule has 2 amide bonds. The largest absolute Gasteiger partial charge is 0.336 e. The molecule has 0 saturated heterocycles. The van der Waals surface area contributed by atoms with Crippen LogP contribution in [0.5, 0.6) is 0 Å². The number of nitrogens with one attached hydrogen (secondary N) is 2. The van der Waals surface area contributed by atoms with Crippen molar-refractivity contribution in [1.82, 2.24) is 15.5 Å². The van der Waals surface area contributed by atoms with Crippen LogP contribution in [0.2, 0.25) is 0 Å².